The fraction of sp³-hybridized carbons (Fsp3) is 0.562. The topological polar surface area (TPSA) is 64.3 Å². The lowest BCUT2D eigenvalue weighted by Crippen LogP contribution is -2.35. The van der Waals surface area contributed by atoms with E-state index in [1.807, 2.05) is 0 Å². The Balaban J connectivity index is 2.17. The van der Waals surface area contributed by atoms with Gasteiger partial charge in [0.05, 0.1) is 24.0 Å². The third-order valence-electron chi connectivity index (χ3n) is 4.52. The highest BCUT2D eigenvalue weighted by molar-refractivity contribution is 5.92. The molecule has 4 nitrogen and oxygen atoms in total. The molecule has 110 valence electrons. The second kappa shape index (κ2) is 6.16. The molecule has 1 aliphatic rings. The summed E-state index contributed by atoms with van der Waals surface area (Å²) in [6.45, 7) is 4.58. The van der Waals surface area contributed by atoms with Crippen LogP contribution in [0.5, 0.6) is 0 Å². The first kappa shape index (κ1) is 14.7. The van der Waals surface area contributed by atoms with Crippen molar-refractivity contribution in [1.29, 1.82) is 0 Å². The fourth-order valence-electron chi connectivity index (χ4n) is 2.91. The Morgan fingerprint density at radius 1 is 1.35 bits per heavy atom. The van der Waals surface area contributed by atoms with Crippen LogP contribution < -0.4 is 11.1 Å². The monoisotopic (exact) mass is 276 g/mol. The van der Waals surface area contributed by atoms with Crippen LogP contribution in [-0.4, -0.2) is 19.1 Å². The summed E-state index contributed by atoms with van der Waals surface area (Å²) in [5.74, 6) is 0.981. The molecule has 0 aromatic heterocycles. The predicted molar refractivity (Wildman–Crippen MR) is 81.8 cm³/mol. The van der Waals surface area contributed by atoms with Crippen molar-refractivity contribution in [2.24, 2.45) is 11.8 Å². The molecule has 0 saturated heterocycles. The molecule has 3 atom stereocenters. The number of carbonyl (C=O) groups excluding carboxylic acids is 1. The minimum atomic E-state index is -0.335. The maximum atomic E-state index is 11.6. The van der Waals surface area contributed by atoms with Crippen molar-refractivity contribution in [3.8, 4) is 0 Å². The highest BCUT2D eigenvalue weighted by Gasteiger charge is 2.27. The van der Waals surface area contributed by atoms with Crippen molar-refractivity contribution in [3.05, 3.63) is 23.8 Å². The number of ether oxygens (including phenoxy) is 1. The molecule has 1 aromatic carbocycles. The van der Waals surface area contributed by atoms with E-state index in [-0.39, 0.29) is 5.97 Å². The SMILES string of the molecule is COC(=O)c1ccc(N)c(NC2CCCC(C)C2C)c1. The number of esters is 1. The molecule has 0 aliphatic heterocycles. The molecule has 0 radical (unpaired) electrons. The number of hydrogen-bond acceptors (Lipinski definition) is 4. The Morgan fingerprint density at radius 3 is 2.80 bits per heavy atom. The second-order valence-corrected chi connectivity index (χ2v) is 5.81. The van der Waals surface area contributed by atoms with Gasteiger partial charge in [-0.2, -0.15) is 0 Å². The number of rotatable bonds is 3. The summed E-state index contributed by atoms with van der Waals surface area (Å²) in [5, 5.41) is 3.52. The molecule has 1 fully saturated rings. The van der Waals surface area contributed by atoms with Crippen LogP contribution >= 0.6 is 0 Å². The van der Waals surface area contributed by atoms with Gasteiger partial charge in [-0.15, -0.1) is 0 Å². The Hall–Kier alpha value is -1.71. The van der Waals surface area contributed by atoms with Gasteiger partial charge in [-0.1, -0.05) is 26.7 Å². The molecule has 0 spiro atoms. The molecule has 2 rings (SSSR count). The predicted octanol–water partition coefficient (Wildman–Crippen LogP) is 3.29. The van der Waals surface area contributed by atoms with Gasteiger partial charge in [0, 0.05) is 6.04 Å². The van der Waals surface area contributed by atoms with Crippen LogP contribution in [-0.2, 0) is 4.74 Å². The summed E-state index contributed by atoms with van der Waals surface area (Å²) in [4.78, 5) is 11.6. The van der Waals surface area contributed by atoms with E-state index in [4.69, 9.17) is 10.5 Å². The minimum absolute atomic E-state index is 0.335. The zero-order valence-electron chi connectivity index (χ0n) is 12.5. The van der Waals surface area contributed by atoms with E-state index in [1.165, 1.54) is 20.0 Å². The number of hydrogen-bond donors (Lipinski definition) is 2. The van der Waals surface area contributed by atoms with Crippen LogP contribution in [0.1, 0.15) is 43.5 Å². The van der Waals surface area contributed by atoms with Gasteiger partial charge in [0.2, 0.25) is 0 Å². The van der Waals surface area contributed by atoms with Gasteiger partial charge in [0.25, 0.3) is 0 Å². The summed E-state index contributed by atoms with van der Waals surface area (Å²) in [6.07, 6.45) is 3.67. The standard InChI is InChI=1S/C16H24N2O2/c1-10-5-4-6-14(11(10)2)18-15-9-12(16(19)20-3)7-8-13(15)17/h7-11,14,18H,4-6,17H2,1-3H3. The van der Waals surface area contributed by atoms with E-state index in [0.717, 1.165) is 12.1 Å². The van der Waals surface area contributed by atoms with Crippen LogP contribution in [0.25, 0.3) is 0 Å². The van der Waals surface area contributed by atoms with E-state index in [1.54, 1.807) is 18.2 Å². The van der Waals surface area contributed by atoms with E-state index in [0.29, 0.717) is 29.1 Å². The maximum absolute atomic E-state index is 11.6. The lowest BCUT2D eigenvalue weighted by atomic mass is 9.78. The summed E-state index contributed by atoms with van der Waals surface area (Å²) in [6, 6.07) is 5.65. The molecular formula is C16H24N2O2. The Bertz CT molecular complexity index is 487. The lowest BCUT2D eigenvalue weighted by Gasteiger charge is -2.35. The zero-order chi connectivity index (χ0) is 14.7. The van der Waals surface area contributed by atoms with Crippen LogP contribution in [0, 0.1) is 11.8 Å². The van der Waals surface area contributed by atoms with Crippen molar-refractivity contribution in [1.82, 2.24) is 0 Å². The van der Waals surface area contributed by atoms with Gasteiger partial charge in [-0.05, 0) is 36.5 Å². The van der Waals surface area contributed by atoms with Gasteiger partial charge in [-0.3, -0.25) is 0 Å². The van der Waals surface area contributed by atoms with E-state index < -0.39 is 0 Å². The Morgan fingerprint density at radius 2 is 2.10 bits per heavy atom. The highest BCUT2D eigenvalue weighted by atomic mass is 16.5. The summed E-state index contributed by atoms with van der Waals surface area (Å²) < 4.78 is 4.75. The third kappa shape index (κ3) is 3.06. The molecule has 1 aliphatic carbocycles. The fourth-order valence-corrected chi connectivity index (χ4v) is 2.91. The van der Waals surface area contributed by atoms with Crippen LogP contribution in [0.4, 0.5) is 11.4 Å². The molecule has 4 heteroatoms. The Labute approximate surface area is 120 Å². The normalized spacial score (nSPS) is 26.1. The summed E-state index contributed by atoms with van der Waals surface area (Å²) in [5.41, 5.74) is 8.04. The van der Waals surface area contributed by atoms with Crippen LogP contribution in [0.15, 0.2) is 18.2 Å². The number of anilines is 2. The molecule has 1 aromatic rings. The maximum Gasteiger partial charge on any atom is 0.337 e. The summed E-state index contributed by atoms with van der Waals surface area (Å²) >= 11 is 0. The third-order valence-corrected chi connectivity index (χ3v) is 4.52. The molecule has 1 saturated carbocycles. The van der Waals surface area contributed by atoms with Crippen molar-refractivity contribution in [2.75, 3.05) is 18.2 Å². The molecule has 20 heavy (non-hydrogen) atoms. The van der Waals surface area contributed by atoms with Crippen LogP contribution in [0.3, 0.4) is 0 Å². The molecule has 0 heterocycles. The van der Waals surface area contributed by atoms with Crippen molar-refractivity contribution in [3.63, 3.8) is 0 Å². The second-order valence-electron chi connectivity index (χ2n) is 5.81. The number of nitrogens with one attached hydrogen (secondary N) is 1. The highest BCUT2D eigenvalue weighted by Crippen LogP contribution is 2.33. The van der Waals surface area contributed by atoms with Gasteiger partial charge >= 0.3 is 5.97 Å². The van der Waals surface area contributed by atoms with Crippen molar-refractivity contribution >= 4 is 17.3 Å². The van der Waals surface area contributed by atoms with Gasteiger partial charge in [-0.25, -0.2) is 4.79 Å². The number of methoxy groups -OCH3 is 1. The summed E-state index contributed by atoms with van der Waals surface area (Å²) in [7, 11) is 1.39. The van der Waals surface area contributed by atoms with Crippen molar-refractivity contribution < 1.29 is 9.53 Å². The molecule has 3 unspecified atom stereocenters. The number of nitrogen functional groups attached to an aromatic ring is 1. The molecule has 3 N–H and O–H groups in total. The van der Waals surface area contributed by atoms with E-state index >= 15 is 0 Å². The van der Waals surface area contributed by atoms with Gasteiger partial charge < -0.3 is 15.8 Å². The molecule has 0 bridgehead atoms. The number of carbonyl (C=O) groups is 1. The first-order valence-electron chi connectivity index (χ1n) is 7.27. The van der Waals surface area contributed by atoms with Crippen LogP contribution in [0.2, 0.25) is 0 Å². The molecule has 0 amide bonds. The molecular weight excluding hydrogens is 252 g/mol. The quantitative estimate of drug-likeness (QED) is 0.657. The largest absolute Gasteiger partial charge is 0.465 e. The van der Waals surface area contributed by atoms with Gasteiger partial charge in [0.1, 0.15) is 0 Å². The zero-order valence-corrected chi connectivity index (χ0v) is 12.5. The average molecular weight is 276 g/mol. The van der Waals surface area contributed by atoms with E-state index in [2.05, 4.69) is 19.2 Å². The Kier molecular flexibility index (Phi) is 4.53. The van der Waals surface area contributed by atoms with Crippen molar-refractivity contribution in [2.45, 2.75) is 39.2 Å². The average Bonchev–Trinajstić information content (AvgIpc) is 2.45. The number of nitrogens with two attached hydrogens (primary N) is 1. The minimum Gasteiger partial charge on any atom is -0.465 e. The smallest absolute Gasteiger partial charge is 0.337 e. The number of benzene rings is 1. The lowest BCUT2D eigenvalue weighted by molar-refractivity contribution is 0.0601. The van der Waals surface area contributed by atoms with E-state index in [9.17, 15) is 4.79 Å². The first-order chi connectivity index (χ1) is 9.52. The van der Waals surface area contributed by atoms with Gasteiger partial charge in [0.15, 0.2) is 0 Å². The first-order valence-corrected chi connectivity index (χ1v) is 7.27.